The number of methoxy groups -OCH3 is 2. The van der Waals surface area contributed by atoms with E-state index in [9.17, 15) is 9.59 Å². The Bertz CT molecular complexity index is 1080. The van der Waals surface area contributed by atoms with E-state index in [0.29, 0.717) is 22.7 Å². The molecular formula is C21H22ClN3O4. The number of rotatable bonds is 6. The van der Waals surface area contributed by atoms with Crippen LogP contribution in [0.1, 0.15) is 27.7 Å². The highest BCUT2D eigenvalue weighted by Gasteiger charge is 2.25. The van der Waals surface area contributed by atoms with Crippen LogP contribution in [0.4, 0.5) is 5.69 Å². The summed E-state index contributed by atoms with van der Waals surface area (Å²) in [7, 11) is 6.42. The predicted octanol–water partition coefficient (Wildman–Crippen LogP) is 3.37. The van der Waals surface area contributed by atoms with Gasteiger partial charge in [-0.25, -0.2) is 4.79 Å². The highest BCUT2D eigenvalue weighted by atomic mass is 35.5. The molecule has 1 N–H and O–H groups in total. The largest absolute Gasteiger partial charge is 0.497 e. The minimum absolute atomic E-state index is 0.0990. The number of benzene rings is 1. The SMILES string of the molecule is COC(=O)c1ccn(C)c1C(Nc1cc(Cl)c(=O)n(C)c1)c1cccc(OC)c1. The first-order valence-corrected chi connectivity index (χ1v) is 9.23. The monoisotopic (exact) mass is 415 g/mol. The molecule has 2 heterocycles. The van der Waals surface area contributed by atoms with E-state index in [1.807, 2.05) is 35.9 Å². The molecule has 0 aliphatic carbocycles. The molecule has 0 radical (unpaired) electrons. The van der Waals surface area contributed by atoms with Crippen LogP contribution >= 0.6 is 11.6 Å². The highest BCUT2D eigenvalue weighted by Crippen LogP contribution is 2.32. The zero-order chi connectivity index (χ0) is 21.1. The molecule has 0 aliphatic heterocycles. The number of ether oxygens (including phenoxy) is 2. The van der Waals surface area contributed by atoms with E-state index in [1.165, 1.54) is 11.7 Å². The molecule has 1 aromatic carbocycles. The molecule has 0 fully saturated rings. The van der Waals surface area contributed by atoms with Crippen molar-refractivity contribution in [2.24, 2.45) is 14.1 Å². The molecule has 152 valence electrons. The predicted molar refractivity (Wildman–Crippen MR) is 112 cm³/mol. The second-order valence-electron chi connectivity index (χ2n) is 6.56. The van der Waals surface area contributed by atoms with Gasteiger partial charge in [0.05, 0.1) is 37.2 Å². The number of pyridine rings is 1. The lowest BCUT2D eigenvalue weighted by molar-refractivity contribution is 0.0599. The smallest absolute Gasteiger partial charge is 0.339 e. The van der Waals surface area contributed by atoms with Crippen LogP contribution in [0.25, 0.3) is 0 Å². The Kier molecular flexibility index (Phi) is 5.98. The molecule has 0 spiro atoms. The maximum Gasteiger partial charge on any atom is 0.339 e. The molecule has 0 saturated heterocycles. The van der Waals surface area contributed by atoms with Gasteiger partial charge in [-0.05, 0) is 29.8 Å². The summed E-state index contributed by atoms with van der Waals surface area (Å²) in [6.07, 6.45) is 3.45. The van der Waals surface area contributed by atoms with Gasteiger partial charge in [0.2, 0.25) is 0 Å². The van der Waals surface area contributed by atoms with Crippen LogP contribution in [0.5, 0.6) is 5.75 Å². The van der Waals surface area contributed by atoms with E-state index in [4.69, 9.17) is 21.1 Å². The van der Waals surface area contributed by atoms with Gasteiger partial charge in [-0.15, -0.1) is 0 Å². The number of halogens is 1. The molecule has 3 aromatic rings. The number of hydrogen-bond donors (Lipinski definition) is 1. The Balaban J connectivity index is 2.17. The quantitative estimate of drug-likeness (QED) is 0.625. The summed E-state index contributed by atoms with van der Waals surface area (Å²) in [5, 5.41) is 3.49. The topological polar surface area (TPSA) is 74.5 Å². The van der Waals surface area contributed by atoms with Gasteiger partial charge in [-0.1, -0.05) is 23.7 Å². The first-order valence-electron chi connectivity index (χ1n) is 8.86. The third-order valence-electron chi connectivity index (χ3n) is 4.68. The fourth-order valence-electron chi connectivity index (χ4n) is 3.23. The lowest BCUT2D eigenvalue weighted by Gasteiger charge is -2.23. The van der Waals surface area contributed by atoms with E-state index in [1.54, 1.807) is 38.7 Å². The number of carbonyl (C=O) groups is 1. The Labute approximate surface area is 173 Å². The van der Waals surface area contributed by atoms with E-state index < -0.39 is 12.0 Å². The van der Waals surface area contributed by atoms with Crippen molar-refractivity contribution >= 4 is 23.3 Å². The average Bonchev–Trinajstić information content (AvgIpc) is 3.10. The van der Waals surface area contributed by atoms with E-state index >= 15 is 0 Å². The van der Waals surface area contributed by atoms with Crippen molar-refractivity contribution in [2.75, 3.05) is 19.5 Å². The molecular weight excluding hydrogens is 394 g/mol. The molecule has 3 rings (SSSR count). The lowest BCUT2D eigenvalue weighted by Crippen LogP contribution is -2.22. The average molecular weight is 416 g/mol. The van der Waals surface area contributed by atoms with Gasteiger partial charge in [0.1, 0.15) is 10.8 Å². The van der Waals surface area contributed by atoms with Crippen LogP contribution in [0.15, 0.2) is 53.6 Å². The van der Waals surface area contributed by atoms with Crippen LogP contribution < -0.4 is 15.6 Å². The Morgan fingerprint density at radius 2 is 1.90 bits per heavy atom. The van der Waals surface area contributed by atoms with Gasteiger partial charge in [-0.2, -0.15) is 0 Å². The molecule has 8 heteroatoms. The molecule has 0 amide bonds. The Morgan fingerprint density at radius 3 is 2.55 bits per heavy atom. The summed E-state index contributed by atoms with van der Waals surface area (Å²) in [5.41, 5.74) is 2.34. The third kappa shape index (κ3) is 4.14. The van der Waals surface area contributed by atoms with Gasteiger partial charge in [0.25, 0.3) is 5.56 Å². The summed E-state index contributed by atoms with van der Waals surface area (Å²) in [4.78, 5) is 24.3. The highest BCUT2D eigenvalue weighted by molar-refractivity contribution is 6.30. The number of aromatic nitrogens is 2. The first-order chi connectivity index (χ1) is 13.8. The van der Waals surface area contributed by atoms with Crippen molar-refractivity contribution in [3.8, 4) is 5.75 Å². The molecule has 1 atom stereocenters. The zero-order valence-corrected chi connectivity index (χ0v) is 17.4. The van der Waals surface area contributed by atoms with Gasteiger partial charge in [0.15, 0.2) is 0 Å². The van der Waals surface area contributed by atoms with E-state index in [2.05, 4.69) is 5.32 Å². The number of hydrogen-bond acceptors (Lipinski definition) is 5. The van der Waals surface area contributed by atoms with Crippen molar-refractivity contribution < 1.29 is 14.3 Å². The van der Waals surface area contributed by atoms with Crippen LogP contribution in [0, 0.1) is 0 Å². The fraction of sp³-hybridized carbons (Fsp3) is 0.238. The van der Waals surface area contributed by atoms with Crippen molar-refractivity contribution in [1.82, 2.24) is 9.13 Å². The maximum atomic E-state index is 12.4. The third-order valence-corrected chi connectivity index (χ3v) is 4.95. The normalized spacial score (nSPS) is 11.8. The first kappa shape index (κ1) is 20.5. The van der Waals surface area contributed by atoms with Gasteiger partial charge in [-0.3, -0.25) is 4.79 Å². The van der Waals surface area contributed by atoms with Crippen molar-refractivity contribution in [1.29, 1.82) is 0 Å². The standard InChI is InChI=1S/C21H22ClN3O4/c1-24-9-8-16(21(27)29-4)19(24)18(13-6-5-7-15(10-13)28-3)23-14-11-17(22)20(26)25(2)12-14/h5-12,18,23H,1-4H3. The van der Waals surface area contributed by atoms with Crippen LogP contribution in [-0.4, -0.2) is 29.3 Å². The van der Waals surface area contributed by atoms with Crippen molar-refractivity contribution in [2.45, 2.75) is 6.04 Å². The summed E-state index contributed by atoms with van der Waals surface area (Å²) < 4.78 is 13.6. The maximum absolute atomic E-state index is 12.4. The molecule has 2 aromatic heterocycles. The number of anilines is 1. The molecule has 0 saturated carbocycles. The van der Waals surface area contributed by atoms with Crippen LogP contribution in [0.2, 0.25) is 5.02 Å². The van der Waals surface area contributed by atoms with Crippen LogP contribution in [-0.2, 0) is 18.8 Å². The minimum atomic E-state index is -0.437. The fourth-order valence-corrected chi connectivity index (χ4v) is 3.48. The second kappa shape index (κ2) is 8.45. The lowest BCUT2D eigenvalue weighted by atomic mass is 9.99. The Morgan fingerprint density at radius 1 is 1.14 bits per heavy atom. The van der Waals surface area contributed by atoms with E-state index in [0.717, 1.165) is 5.56 Å². The summed E-state index contributed by atoms with van der Waals surface area (Å²) in [6, 6.07) is 10.4. The number of aryl methyl sites for hydroxylation is 2. The zero-order valence-electron chi connectivity index (χ0n) is 16.6. The van der Waals surface area contributed by atoms with Crippen molar-refractivity contribution in [3.05, 3.63) is 81.0 Å². The molecule has 7 nitrogen and oxygen atoms in total. The number of esters is 1. The summed E-state index contributed by atoms with van der Waals surface area (Å²) in [5.74, 6) is 0.246. The number of nitrogens with one attached hydrogen (secondary N) is 1. The van der Waals surface area contributed by atoms with Gasteiger partial charge in [0, 0.05) is 26.5 Å². The van der Waals surface area contributed by atoms with Gasteiger partial charge >= 0.3 is 5.97 Å². The summed E-state index contributed by atoms with van der Waals surface area (Å²) in [6.45, 7) is 0. The van der Waals surface area contributed by atoms with E-state index in [-0.39, 0.29) is 10.6 Å². The second-order valence-corrected chi connectivity index (χ2v) is 6.97. The minimum Gasteiger partial charge on any atom is -0.497 e. The molecule has 29 heavy (non-hydrogen) atoms. The van der Waals surface area contributed by atoms with Gasteiger partial charge < -0.3 is 23.9 Å². The van der Waals surface area contributed by atoms with Crippen LogP contribution in [0.3, 0.4) is 0 Å². The molecule has 1 unspecified atom stereocenters. The number of carbonyl (C=O) groups excluding carboxylic acids is 1. The number of nitrogens with zero attached hydrogens (tertiary/aromatic N) is 2. The molecule has 0 bridgehead atoms. The molecule has 0 aliphatic rings. The van der Waals surface area contributed by atoms with Crippen molar-refractivity contribution in [3.63, 3.8) is 0 Å². The summed E-state index contributed by atoms with van der Waals surface area (Å²) >= 11 is 6.08. The Hall–Kier alpha value is -3.19.